The minimum atomic E-state index is -0.199. The Bertz CT molecular complexity index is 678. The van der Waals surface area contributed by atoms with Crippen LogP contribution >= 0.6 is 22.9 Å². The third-order valence-electron chi connectivity index (χ3n) is 3.12. The first kappa shape index (κ1) is 17.9. The molecular weight excluding hydrogens is 330 g/mol. The van der Waals surface area contributed by atoms with Crippen LogP contribution in [0.25, 0.3) is 10.6 Å². The second-order valence-corrected chi connectivity index (χ2v) is 8.00. The van der Waals surface area contributed by atoms with Crippen LogP contribution in [0, 0.1) is 0 Å². The Labute approximate surface area is 146 Å². The summed E-state index contributed by atoms with van der Waals surface area (Å²) in [5.74, 6) is 0.0524. The van der Waals surface area contributed by atoms with Gasteiger partial charge in [0.2, 0.25) is 0 Å². The first-order valence-electron chi connectivity index (χ1n) is 7.56. The van der Waals surface area contributed by atoms with E-state index in [1.807, 2.05) is 57.5 Å². The van der Waals surface area contributed by atoms with Crippen molar-refractivity contribution in [1.29, 1.82) is 0 Å². The predicted molar refractivity (Wildman–Crippen MR) is 95.9 cm³/mol. The van der Waals surface area contributed by atoms with Crippen LogP contribution in [0.1, 0.15) is 26.5 Å². The average molecular weight is 353 g/mol. The van der Waals surface area contributed by atoms with E-state index in [1.54, 1.807) is 11.3 Å². The van der Waals surface area contributed by atoms with Gasteiger partial charge in [-0.3, -0.25) is 4.79 Å². The van der Waals surface area contributed by atoms with E-state index < -0.39 is 0 Å². The van der Waals surface area contributed by atoms with Crippen molar-refractivity contribution >= 4 is 28.8 Å². The van der Waals surface area contributed by atoms with Crippen LogP contribution in [-0.2, 0) is 11.3 Å². The van der Waals surface area contributed by atoms with Gasteiger partial charge in [0.05, 0.1) is 12.1 Å². The molecule has 1 amide bonds. The van der Waals surface area contributed by atoms with Gasteiger partial charge in [0.1, 0.15) is 17.2 Å². The van der Waals surface area contributed by atoms with Crippen molar-refractivity contribution in [2.45, 2.75) is 32.9 Å². The van der Waals surface area contributed by atoms with Gasteiger partial charge in [0.15, 0.2) is 6.54 Å². The van der Waals surface area contributed by atoms with E-state index >= 15 is 0 Å². The van der Waals surface area contributed by atoms with Crippen LogP contribution in [0.2, 0.25) is 5.02 Å². The van der Waals surface area contributed by atoms with Gasteiger partial charge < -0.3 is 10.2 Å². The molecule has 0 spiro atoms. The van der Waals surface area contributed by atoms with Gasteiger partial charge in [0, 0.05) is 16.5 Å². The van der Waals surface area contributed by atoms with Crippen molar-refractivity contribution in [2.75, 3.05) is 13.6 Å². The highest BCUT2D eigenvalue weighted by Crippen LogP contribution is 2.29. The molecule has 0 aliphatic rings. The number of carbonyl (C=O) groups is 1. The summed E-state index contributed by atoms with van der Waals surface area (Å²) in [6.45, 7) is 7.08. The molecule has 2 rings (SSSR count). The first-order chi connectivity index (χ1) is 10.7. The van der Waals surface area contributed by atoms with Crippen LogP contribution in [-0.4, -0.2) is 30.0 Å². The largest absolute Gasteiger partial charge is 0.347 e. The van der Waals surface area contributed by atoms with Gasteiger partial charge in [-0.25, -0.2) is 4.98 Å². The van der Waals surface area contributed by atoms with Gasteiger partial charge in [-0.2, -0.15) is 0 Å². The van der Waals surface area contributed by atoms with Crippen LogP contribution in [0.4, 0.5) is 0 Å². The molecule has 2 N–H and O–H groups in total. The summed E-state index contributed by atoms with van der Waals surface area (Å²) in [7, 11) is 2.00. The number of halogens is 1. The van der Waals surface area contributed by atoms with E-state index in [9.17, 15) is 4.79 Å². The normalized spacial score (nSPS) is 12.9. The fourth-order valence-electron chi connectivity index (χ4n) is 2.25. The van der Waals surface area contributed by atoms with Crippen molar-refractivity contribution in [3.05, 3.63) is 40.4 Å². The molecule has 0 fully saturated rings. The molecule has 1 heterocycles. The zero-order valence-corrected chi connectivity index (χ0v) is 15.5. The number of aromatic nitrogens is 1. The van der Waals surface area contributed by atoms with E-state index in [2.05, 4.69) is 10.3 Å². The lowest BCUT2D eigenvalue weighted by atomic mass is 10.1. The third-order valence-corrected chi connectivity index (χ3v) is 4.37. The first-order valence-corrected chi connectivity index (χ1v) is 8.82. The molecule has 1 unspecified atom stereocenters. The molecule has 1 atom stereocenters. The molecule has 6 heteroatoms. The smallest absolute Gasteiger partial charge is 0.275 e. The van der Waals surface area contributed by atoms with E-state index in [0.717, 1.165) is 21.2 Å². The molecule has 0 saturated carbocycles. The summed E-state index contributed by atoms with van der Waals surface area (Å²) in [6, 6.07) is 7.70. The Morgan fingerprint density at radius 3 is 2.70 bits per heavy atom. The number of amides is 1. The van der Waals surface area contributed by atoms with Crippen LogP contribution in [0.3, 0.4) is 0 Å². The summed E-state index contributed by atoms with van der Waals surface area (Å²) in [4.78, 5) is 17.7. The lowest BCUT2D eigenvalue weighted by molar-refractivity contribution is -0.885. The molecule has 0 radical (unpaired) electrons. The number of nitrogens with one attached hydrogen (secondary N) is 2. The van der Waals surface area contributed by atoms with Crippen molar-refractivity contribution in [3.8, 4) is 10.6 Å². The maximum atomic E-state index is 12.0. The Morgan fingerprint density at radius 1 is 1.35 bits per heavy atom. The number of rotatable bonds is 5. The quantitative estimate of drug-likeness (QED) is 0.868. The SMILES string of the molecule is C[NH+](CC(=O)NC(C)(C)C)Cc1csc(-c2ccccc2Cl)n1. The Kier molecular flexibility index (Phi) is 5.79. The number of quaternary nitrogens is 1. The summed E-state index contributed by atoms with van der Waals surface area (Å²) in [6.07, 6.45) is 0. The zero-order chi connectivity index (χ0) is 17.0. The number of thiazole rings is 1. The van der Waals surface area contributed by atoms with Crippen molar-refractivity contribution in [3.63, 3.8) is 0 Å². The average Bonchev–Trinajstić information content (AvgIpc) is 2.84. The van der Waals surface area contributed by atoms with Crippen molar-refractivity contribution < 1.29 is 9.69 Å². The maximum absolute atomic E-state index is 12.0. The van der Waals surface area contributed by atoms with Gasteiger partial charge >= 0.3 is 0 Å². The van der Waals surface area contributed by atoms with E-state index in [-0.39, 0.29) is 11.4 Å². The lowest BCUT2D eigenvalue weighted by Gasteiger charge is -2.21. The zero-order valence-electron chi connectivity index (χ0n) is 13.9. The lowest BCUT2D eigenvalue weighted by Crippen LogP contribution is -3.09. The minimum absolute atomic E-state index is 0.0524. The van der Waals surface area contributed by atoms with Gasteiger partial charge in [-0.1, -0.05) is 29.8 Å². The highest BCUT2D eigenvalue weighted by molar-refractivity contribution is 7.13. The van der Waals surface area contributed by atoms with Crippen LogP contribution < -0.4 is 10.2 Å². The number of hydrogen-bond acceptors (Lipinski definition) is 3. The molecule has 1 aromatic heterocycles. The highest BCUT2D eigenvalue weighted by Gasteiger charge is 2.18. The van der Waals surface area contributed by atoms with E-state index in [4.69, 9.17) is 11.6 Å². The number of benzene rings is 1. The summed E-state index contributed by atoms with van der Waals surface area (Å²) in [5.41, 5.74) is 1.73. The van der Waals surface area contributed by atoms with Gasteiger partial charge in [-0.05, 0) is 26.8 Å². The van der Waals surface area contributed by atoms with Crippen LogP contribution in [0.15, 0.2) is 29.6 Å². The van der Waals surface area contributed by atoms with Crippen molar-refractivity contribution in [2.24, 2.45) is 0 Å². The predicted octanol–water partition coefficient (Wildman–Crippen LogP) is 2.39. The molecule has 0 aliphatic carbocycles. The van der Waals surface area contributed by atoms with E-state index in [1.165, 1.54) is 0 Å². The number of carbonyl (C=O) groups excluding carboxylic acids is 1. The molecule has 0 aliphatic heterocycles. The molecule has 2 aromatic rings. The number of likely N-dealkylation sites (N-methyl/N-ethyl adjacent to an activating group) is 1. The molecular formula is C17H23ClN3OS+. The van der Waals surface area contributed by atoms with Crippen LogP contribution in [0.5, 0.6) is 0 Å². The second-order valence-electron chi connectivity index (χ2n) is 6.73. The molecule has 0 bridgehead atoms. The highest BCUT2D eigenvalue weighted by atomic mass is 35.5. The Balaban J connectivity index is 1.97. The maximum Gasteiger partial charge on any atom is 0.275 e. The molecule has 124 valence electrons. The summed E-state index contributed by atoms with van der Waals surface area (Å²) < 4.78 is 0. The fraction of sp³-hybridized carbons (Fsp3) is 0.412. The molecule has 23 heavy (non-hydrogen) atoms. The minimum Gasteiger partial charge on any atom is -0.347 e. The number of hydrogen-bond donors (Lipinski definition) is 2. The van der Waals surface area contributed by atoms with Crippen molar-refractivity contribution in [1.82, 2.24) is 10.3 Å². The standard InChI is InChI=1S/C17H22ClN3OS/c1-17(2,3)20-15(22)10-21(4)9-12-11-23-16(19-12)13-7-5-6-8-14(13)18/h5-8,11H,9-10H2,1-4H3,(H,20,22)/p+1. The Hall–Kier alpha value is -1.43. The summed E-state index contributed by atoms with van der Waals surface area (Å²) in [5, 5.41) is 6.63. The fourth-order valence-corrected chi connectivity index (χ4v) is 3.39. The molecule has 1 aromatic carbocycles. The Morgan fingerprint density at radius 2 is 2.04 bits per heavy atom. The monoisotopic (exact) mass is 352 g/mol. The summed E-state index contributed by atoms with van der Waals surface area (Å²) >= 11 is 7.79. The topological polar surface area (TPSA) is 46.4 Å². The van der Waals surface area contributed by atoms with Gasteiger partial charge in [0.25, 0.3) is 5.91 Å². The molecule has 4 nitrogen and oxygen atoms in total. The van der Waals surface area contributed by atoms with Gasteiger partial charge in [-0.15, -0.1) is 11.3 Å². The molecule has 0 saturated heterocycles. The third kappa shape index (κ3) is 5.61. The second kappa shape index (κ2) is 7.43. The number of nitrogens with zero attached hydrogens (tertiary/aromatic N) is 1. The van der Waals surface area contributed by atoms with E-state index in [0.29, 0.717) is 18.1 Å².